The van der Waals surface area contributed by atoms with Gasteiger partial charge in [-0.25, -0.2) is 0 Å². The van der Waals surface area contributed by atoms with Crippen molar-refractivity contribution in [3.63, 3.8) is 0 Å². The summed E-state index contributed by atoms with van der Waals surface area (Å²) in [7, 11) is 1.73. The number of rotatable bonds is 4. The van der Waals surface area contributed by atoms with E-state index in [2.05, 4.69) is 26.1 Å². The summed E-state index contributed by atoms with van der Waals surface area (Å²) in [6, 6.07) is 17.6. The summed E-state index contributed by atoms with van der Waals surface area (Å²) in [5, 5.41) is 8.36. The third-order valence-electron chi connectivity index (χ3n) is 3.36. The Morgan fingerprint density at radius 1 is 1.04 bits per heavy atom. The van der Waals surface area contributed by atoms with Crippen LogP contribution >= 0.6 is 27.7 Å². The minimum atomic E-state index is -0.108. The van der Waals surface area contributed by atoms with Crippen LogP contribution in [0, 0.1) is 0 Å². The fourth-order valence-electron chi connectivity index (χ4n) is 2.12. The van der Waals surface area contributed by atoms with E-state index in [-0.39, 0.29) is 5.56 Å². The van der Waals surface area contributed by atoms with Crippen molar-refractivity contribution in [2.24, 2.45) is 7.05 Å². The van der Waals surface area contributed by atoms with Gasteiger partial charge in [0.05, 0.1) is 0 Å². The Kier molecular flexibility index (Phi) is 4.93. The summed E-state index contributed by atoms with van der Waals surface area (Å²) in [4.78, 5) is 13.6. The van der Waals surface area contributed by atoms with Crippen LogP contribution in [0.2, 0.25) is 0 Å². The third kappa shape index (κ3) is 3.71. The van der Waals surface area contributed by atoms with Gasteiger partial charge in [-0.2, -0.15) is 0 Å². The summed E-state index contributed by atoms with van der Waals surface area (Å²) in [5.41, 5.74) is 1.23. The lowest BCUT2D eigenvalue weighted by Crippen LogP contribution is -2.25. The summed E-state index contributed by atoms with van der Waals surface area (Å²) < 4.78 is 2.59. The van der Waals surface area contributed by atoms with E-state index in [0.717, 1.165) is 14.9 Å². The first kappa shape index (κ1) is 16.0. The van der Waals surface area contributed by atoms with Crippen LogP contribution in [-0.4, -0.2) is 14.8 Å². The number of hydrogen-bond donors (Lipinski definition) is 0. The number of nitrogens with zero attached hydrogens (tertiary/aromatic N) is 3. The monoisotopic (exact) mass is 387 g/mol. The van der Waals surface area contributed by atoms with Crippen molar-refractivity contribution in [3.05, 3.63) is 75.1 Å². The van der Waals surface area contributed by atoms with E-state index in [0.29, 0.717) is 17.3 Å². The van der Waals surface area contributed by atoms with Gasteiger partial charge in [-0.05, 0) is 24.3 Å². The minimum absolute atomic E-state index is 0.108. The second-order valence-electron chi connectivity index (χ2n) is 4.94. The quantitative estimate of drug-likeness (QED) is 0.637. The van der Waals surface area contributed by atoms with Crippen LogP contribution in [0.25, 0.3) is 11.4 Å². The van der Waals surface area contributed by atoms with E-state index in [4.69, 9.17) is 0 Å². The smallest absolute Gasteiger partial charge is 0.276 e. The highest BCUT2D eigenvalue weighted by molar-refractivity contribution is 9.10. The van der Waals surface area contributed by atoms with Crippen LogP contribution < -0.4 is 5.56 Å². The van der Waals surface area contributed by atoms with Crippen LogP contribution in [-0.2, 0) is 12.8 Å². The Labute approximate surface area is 146 Å². The fraction of sp³-hybridized carbons (Fsp3) is 0.118. The fourth-order valence-corrected chi connectivity index (χ4v) is 3.20. The molecular weight excluding hydrogens is 374 g/mol. The summed E-state index contributed by atoms with van der Waals surface area (Å²) in [5.74, 6) is 1.07. The van der Waals surface area contributed by atoms with Gasteiger partial charge in [0.1, 0.15) is 5.69 Å². The van der Waals surface area contributed by atoms with Crippen LogP contribution in [0.4, 0.5) is 0 Å². The molecule has 4 nitrogen and oxygen atoms in total. The van der Waals surface area contributed by atoms with Gasteiger partial charge in [0.15, 0.2) is 5.82 Å². The maximum atomic E-state index is 12.5. The van der Waals surface area contributed by atoms with Crippen LogP contribution in [0.1, 0.15) is 5.69 Å². The van der Waals surface area contributed by atoms with Gasteiger partial charge in [-0.1, -0.05) is 46.3 Å². The van der Waals surface area contributed by atoms with Crippen LogP contribution in [0.15, 0.2) is 68.8 Å². The highest BCUT2D eigenvalue weighted by Crippen LogP contribution is 2.23. The van der Waals surface area contributed by atoms with Crippen molar-refractivity contribution in [2.45, 2.75) is 10.6 Å². The van der Waals surface area contributed by atoms with Gasteiger partial charge in [0.2, 0.25) is 0 Å². The summed E-state index contributed by atoms with van der Waals surface area (Å²) >= 11 is 4.98. The zero-order valence-corrected chi connectivity index (χ0v) is 14.8. The van der Waals surface area contributed by atoms with Gasteiger partial charge < -0.3 is 0 Å². The molecule has 0 aliphatic carbocycles. The first-order valence-corrected chi connectivity index (χ1v) is 8.79. The average molecular weight is 388 g/mol. The molecule has 2 aromatic carbocycles. The number of halogens is 1. The molecule has 0 saturated carbocycles. The van der Waals surface area contributed by atoms with E-state index in [1.807, 2.05) is 54.6 Å². The van der Waals surface area contributed by atoms with Gasteiger partial charge in [-0.3, -0.25) is 9.36 Å². The molecule has 0 N–H and O–H groups in total. The Morgan fingerprint density at radius 2 is 1.74 bits per heavy atom. The lowest BCUT2D eigenvalue weighted by atomic mass is 10.2. The zero-order chi connectivity index (χ0) is 16.2. The van der Waals surface area contributed by atoms with Crippen LogP contribution in [0.3, 0.4) is 0 Å². The largest absolute Gasteiger partial charge is 0.293 e. The van der Waals surface area contributed by atoms with Gasteiger partial charge in [0, 0.05) is 27.7 Å². The summed E-state index contributed by atoms with van der Waals surface area (Å²) in [6.45, 7) is 0. The molecule has 0 aliphatic heterocycles. The second kappa shape index (κ2) is 7.10. The van der Waals surface area contributed by atoms with Crippen molar-refractivity contribution >= 4 is 27.7 Å². The van der Waals surface area contributed by atoms with Crippen LogP contribution in [0.5, 0.6) is 0 Å². The van der Waals surface area contributed by atoms with Crippen molar-refractivity contribution in [1.29, 1.82) is 0 Å². The molecule has 23 heavy (non-hydrogen) atoms. The lowest BCUT2D eigenvalue weighted by molar-refractivity contribution is 0.763. The molecule has 1 aromatic heterocycles. The maximum absolute atomic E-state index is 12.5. The predicted molar refractivity (Wildman–Crippen MR) is 96.4 cm³/mol. The van der Waals surface area contributed by atoms with Crippen molar-refractivity contribution in [2.75, 3.05) is 0 Å². The average Bonchev–Trinajstić information content (AvgIpc) is 2.58. The Morgan fingerprint density at radius 3 is 2.43 bits per heavy atom. The van der Waals surface area contributed by atoms with Crippen molar-refractivity contribution in [3.8, 4) is 11.4 Å². The predicted octanol–water partition coefficient (Wildman–Crippen LogP) is 3.90. The molecule has 116 valence electrons. The standard InChI is InChI=1S/C17H14BrN3OS/c1-21-16(12-5-3-2-4-6-12)20-19-15(17(21)22)11-23-14-9-7-13(18)8-10-14/h2-10H,11H2,1H3. The first-order valence-electron chi connectivity index (χ1n) is 7.01. The van der Waals surface area contributed by atoms with E-state index in [1.165, 1.54) is 0 Å². The molecule has 0 fully saturated rings. The van der Waals surface area contributed by atoms with E-state index in [1.54, 1.807) is 23.4 Å². The molecule has 0 aliphatic rings. The van der Waals surface area contributed by atoms with Gasteiger partial charge >= 0.3 is 0 Å². The first-order chi connectivity index (χ1) is 11.1. The van der Waals surface area contributed by atoms with E-state index in [9.17, 15) is 4.79 Å². The molecule has 0 saturated heterocycles. The topological polar surface area (TPSA) is 47.8 Å². The molecule has 0 unspecified atom stereocenters. The molecule has 0 bridgehead atoms. The normalized spacial score (nSPS) is 10.7. The zero-order valence-electron chi connectivity index (χ0n) is 12.4. The maximum Gasteiger partial charge on any atom is 0.276 e. The Hall–Kier alpha value is -1.92. The molecule has 3 rings (SSSR count). The van der Waals surface area contributed by atoms with E-state index < -0.39 is 0 Å². The van der Waals surface area contributed by atoms with E-state index >= 15 is 0 Å². The Balaban J connectivity index is 1.83. The van der Waals surface area contributed by atoms with Crippen molar-refractivity contribution in [1.82, 2.24) is 14.8 Å². The van der Waals surface area contributed by atoms with Crippen molar-refractivity contribution < 1.29 is 0 Å². The summed E-state index contributed by atoms with van der Waals surface area (Å²) in [6.07, 6.45) is 0. The highest BCUT2D eigenvalue weighted by Gasteiger charge is 2.11. The molecule has 1 heterocycles. The molecule has 6 heteroatoms. The lowest BCUT2D eigenvalue weighted by Gasteiger charge is -2.08. The number of hydrogen-bond acceptors (Lipinski definition) is 4. The second-order valence-corrected chi connectivity index (χ2v) is 6.91. The number of benzene rings is 2. The molecule has 3 aromatic rings. The molecule has 0 radical (unpaired) electrons. The number of thioether (sulfide) groups is 1. The minimum Gasteiger partial charge on any atom is -0.293 e. The van der Waals surface area contributed by atoms with Gasteiger partial charge in [0.25, 0.3) is 5.56 Å². The molecule has 0 spiro atoms. The SMILES string of the molecule is Cn1c(-c2ccccc2)nnc(CSc2ccc(Br)cc2)c1=O. The third-order valence-corrected chi connectivity index (χ3v) is 4.91. The Bertz CT molecular complexity index is 863. The molecule has 0 atom stereocenters. The number of aromatic nitrogens is 3. The highest BCUT2D eigenvalue weighted by atomic mass is 79.9. The molecule has 0 amide bonds. The van der Waals surface area contributed by atoms with Gasteiger partial charge in [-0.15, -0.1) is 22.0 Å². The molecular formula is C17H14BrN3OS.